The molecule has 0 aromatic heterocycles. The number of benzene rings is 2. The molecule has 0 unspecified atom stereocenters. The lowest BCUT2D eigenvalue weighted by Crippen LogP contribution is -2.37. The Bertz CT molecular complexity index is 857. The maximum Gasteiger partial charge on any atom is 0.191 e. The summed E-state index contributed by atoms with van der Waals surface area (Å²) in [6, 6.07) is 14.5. The quantitative estimate of drug-likeness (QED) is 0.282. The summed E-state index contributed by atoms with van der Waals surface area (Å²) in [6.45, 7) is 8.46. The zero-order chi connectivity index (χ0) is 21.9. The predicted molar refractivity (Wildman–Crippen MR) is 139 cm³/mol. The maximum atomic E-state index is 5.59. The van der Waals surface area contributed by atoms with Crippen molar-refractivity contribution in [3.8, 4) is 11.5 Å². The molecule has 1 saturated heterocycles. The molecule has 0 amide bonds. The average molecular weight is 554 g/mol. The Morgan fingerprint density at radius 2 is 1.75 bits per heavy atom. The number of halogens is 1. The minimum atomic E-state index is 0. The normalized spacial score (nSPS) is 14.4. The summed E-state index contributed by atoms with van der Waals surface area (Å²) in [4.78, 5) is 6.80. The number of aliphatic imine (C=N–C) groups is 1. The summed E-state index contributed by atoms with van der Waals surface area (Å²) >= 11 is 0. The van der Waals surface area contributed by atoms with Crippen LogP contribution in [0.5, 0.6) is 11.5 Å². The molecule has 7 nitrogen and oxygen atoms in total. The monoisotopic (exact) mass is 554 g/mol. The van der Waals surface area contributed by atoms with E-state index in [0.29, 0.717) is 19.7 Å². The van der Waals surface area contributed by atoms with Crippen molar-refractivity contribution in [1.29, 1.82) is 0 Å². The summed E-state index contributed by atoms with van der Waals surface area (Å²) in [5, 5.41) is 6.81. The number of morpholine rings is 1. The number of hydrogen-bond acceptors (Lipinski definition) is 5. The van der Waals surface area contributed by atoms with Crippen LogP contribution >= 0.6 is 24.0 Å². The molecule has 3 rings (SSSR count). The topological polar surface area (TPSA) is 67.4 Å². The average Bonchev–Trinajstić information content (AvgIpc) is 2.81. The lowest BCUT2D eigenvalue weighted by Gasteiger charge is -2.27. The van der Waals surface area contributed by atoms with Crippen LogP contribution in [0.25, 0.3) is 0 Å². The molecular formula is C24H35IN4O3. The van der Waals surface area contributed by atoms with E-state index >= 15 is 0 Å². The smallest absolute Gasteiger partial charge is 0.191 e. The highest BCUT2D eigenvalue weighted by Gasteiger charge is 2.13. The summed E-state index contributed by atoms with van der Waals surface area (Å²) in [6.07, 6.45) is 0. The molecule has 176 valence electrons. The fourth-order valence-corrected chi connectivity index (χ4v) is 3.57. The minimum absolute atomic E-state index is 0. The first-order chi connectivity index (χ1) is 15.2. The van der Waals surface area contributed by atoms with Crippen LogP contribution in [0.15, 0.2) is 47.5 Å². The maximum absolute atomic E-state index is 5.59. The van der Waals surface area contributed by atoms with Crippen molar-refractivity contribution >= 4 is 29.9 Å². The van der Waals surface area contributed by atoms with E-state index in [1.165, 1.54) is 11.1 Å². The van der Waals surface area contributed by atoms with Gasteiger partial charge in [-0.25, -0.2) is 0 Å². The summed E-state index contributed by atoms with van der Waals surface area (Å²) in [5.74, 6) is 2.25. The van der Waals surface area contributed by atoms with Gasteiger partial charge in [-0.05, 0) is 35.7 Å². The zero-order valence-corrected chi connectivity index (χ0v) is 21.6. The van der Waals surface area contributed by atoms with Crippen LogP contribution in [0.1, 0.15) is 23.6 Å². The van der Waals surface area contributed by atoms with Crippen molar-refractivity contribution in [1.82, 2.24) is 15.5 Å². The molecule has 2 aromatic carbocycles. The molecule has 2 N–H and O–H groups in total. The summed E-state index contributed by atoms with van der Waals surface area (Å²) in [5.41, 5.74) is 3.71. The van der Waals surface area contributed by atoms with E-state index in [4.69, 9.17) is 14.2 Å². The van der Waals surface area contributed by atoms with Crippen LogP contribution in [-0.2, 0) is 24.4 Å². The van der Waals surface area contributed by atoms with E-state index in [2.05, 4.69) is 44.8 Å². The Hall–Kier alpha value is -2.04. The van der Waals surface area contributed by atoms with E-state index in [9.17, 15) is 0 Å². The number of ether oxygens (including phenoxy) is 3. The molecule has 8 heteroatoms. The largest absolute Gasteiger partial charge is 0.493 e. The summed E-state index contributed by atoms with van der Waals surface area (Å²) in [7, 11) is 3.44. The van der Waals surface area contributed by atoms with Crippen LogP contribution < -0.4 is 20.1 Å². The number of rotatable bonds is 9. The Morgan fingerprint density at radius 1 is 1.03 bits per heavy atom. The number of methoxy groups -OCH3 is 1. The molecule has 0 bridgehead atoms. The predicted octanol–water partition coefficient (Wildman–Crippen LogP) is 3.41. The van der Waals surface area contributed by atoms with Crippen LogP contribution in [0, 0.1) is 0 Å². The lowest BCUT2D eigenvalue weighted by atomic mass is 10.1. The molecule has 0 saturated carbocycles. The lowest BCUT2D eigenvalue weighted by molar-refractivity contribution is 0.0341. The first-order valence-electron chi connectivity index (χ1n) is 10.8. The molecule has 1 heterocycles. The molecule has 32 heavy (non-hydrogen) atoms. The van der Waals surface area contributed by atoms with E-state index < -0.39 is 0 Å². The molecule has 0 spiro atoms. The molecule has 0 atom stereocenters. The van der Waals surface area contributed by atoms with Gasteiger partial charge in [0.1, 0.15) is 0 Å². The third kappa shape index (κ3) is 7.83. The fourth-order valence-electron chi connectivity index (χ4n) is 3.57. The Balaban J connectivity index is 0.00000363. The number of guanidine groups is 1. The van der Waals surface area contributed by atoms with Crippen LogP contribution in [-0.4, -0.2) is 57.9 Å². The van der Waals surface area contributed by atoms with Crippen molar-refractivity contribution in [2.75, 3.05) is 47.1 Å². The number of nitrogens with zero attached hydrogens (tertiary/aromatic N) is 2. The van der Waals surface area contributed by atoms with Crippen molar-refractivity contribution in [3.63, 3.8) is 0 Å². The second-order valence-corrected chi connectivity index (χ2v) is 7.35. The first kappa shape index (κ1) is 26.2. The van der Waals surface area contributed by atoms with Gasteiger partial charge in [0, 0.05) is 39.8 Å². The second kappa shape index (κ2) is 14.2. The molecule has 1 fully saturated rings. The van der Waals surface area contributed by atoms with Gasteiger partial charge < -0.3 is 24.8 Å². The van der Waals surface area contributed by atoms with Gasteiger partial charge >= 0.3 is 0 Å². The van der Waals surface area contributed by atoms with Gasteiger partial charge in [0.2, 0.25) is 0 Å². The van der Waals surface area contributed by atoms with Crippen molar-refractivity contribution < 1.29 is 14.2 Å². The highest BCUT2D eigenvalue weighted by molar-refractivity contribution is 14.0. The summed E-state index contributed by atoms with van der Waals surface area (Å²) < 4.78 is 16.5. The molecule has 0 aliphatic carbocycles. The van der Waals surface area contributed by atoms with Crippen LogP contribution in [0.4, 0.5) is 0 Å². The standard InChI is InChI=1S/C24H34N4O3.HI/c1-4-31-22-10-9-19(15-23(22)29-3)16-26-24(25-2)27-17-20-7-5-6-8-21(20)18-28-11-13-30-14-12-28;/h5-10,15H,4,11-14,16-18H2,1-3H3,(H2,25,26,27);1H. The fraction of sp³-hybridized carbons (Fsp3) is 0.458. The SMILES string of the molecule is CCOc1ccc(CNC(=NC)NCc2ccccc2CN2CCOCC2)cc1OC.I. The highest BCUT2D eigenvalue weighted by atomic mass is 127. The zero-order valence-electron chi connectivity index (χ0n) is 19.2. The Labute approximate surface area is 208 Å². The highest BCUT2D eigenvalue weighted by Crippen LogP contribution is 2.27. The van der Waals surface area contributed by atoms with E-state index in [1.54, 1.807) is 14.2 Å². The molecule has 1 aliphatic heterocycles. The molecular weight excluding hydrogens is 519 g/mol. The van der Waals surface area contributed by atoms with Gasteiger partial charge in [-0.2, -0.15) is 0 Å². The van der Waals surface area contributed by atoms with E-state index in [1.807, 2.05) is 25.1 Å². The second-order valence-electron chi connectivity index (χ2n) is 7.35. The van der Waals surface area contributed by atoms with Gasteiger partial charge in [0.15, 0.2) is 17.5 Å². The minimum Gasteiger partial charge on any atom is -0.493 e. The third-order valence-corrected chi connectivity index (χ3v) is 5.27. The van der Waals surface area contributed by atoms with Gasteiger partial charge in [-0.15, -0.1) is 24.0 Å². The van der Waals surface area contributed by atoms with E-state index in [-0.39, 0.29) is 24.0 Å². The van der Waals surface area contributed by atoms with E-state index in [0.717, 1.165) is 55.9 Å². The van der Waals surface area contributed by atoms with Gasteiger partial charge in [0.05, 0.1) is 26.9 Å². The molecule has 0 radical (unpaired) electrons. The molecule has 2 aromatic rings. The number of nitrogens with one attached hydrogen (secondary N) is 2. The van der Waals surface area contributed by atoms with Crippen molar-refractivity contribution in [3.05, 3.63) is 59.2 Å². The number of hydrogen-bond donors (Lipinski definition) is 2. The van der Waals surface area contributed by atoms with Crippen molar-refractivity contribution in [2.24, 2.45) is 4.99 Å². The van der Waals surface area contributed by atoms with Gasteiger partial charge in [0.25, 0.3) is 0 Å². The van der Waals surface area contributed by atoms with Crippen molar-refractivity contribution in [2.45, 2.75) is 26.6 Å². The Kier molecular flexibility index (Phi) is 11.6. The molecule has 1 aliphatic rings. The van der Waals surface area contributed by atoms with Gasteiger partial charge in [-0.1, -0.05) is 30.3 Å². The Morgan fingerprint density at radius 3 is 2.44 bits per heavy atom. The third-order valence-electron chi connectivity index (χ3n) is 5.27. The van der Waals surface area contributed by atoms with Crippen LogP contribution in [0.3, 0.4) is 0 Å². The van der Waals surface area contributed by atoms with Crippen LogP contribution in [0.2, 0.25) is 0 Å². The van der Waals surface area contributed by atoms with Gasteiger partial charge in [-0.3, -0.25) is 9.89 Å². The first-order valence-corrected chi connectivity index (χ1v) is 10.8.